The first-order chi connectivity index (χ1) is 9.14. The first-order valence-electron chi connectivity index (χ1n) is 7.16. The van der Waals surface area contributed by atoms with Gasteiger partial charge in [-0.1, -0.05) is 44.7 Å². The Morgan fingerprint density at radius 3 is 2.58 bits per heavy atom. The first-order valence-corrected chi connectivity index (χ1v) is 9.68. The molecule has 0 saturated heterocycles. The second-order valence-electron chi connectivity index (χ2n) is 5.29. The molecule has 0 spiro atoms. The van der Waals surface area contributed by atoms with Crippen LogP contribution in [0, 0.1) is 0 Å². The molecule has 19 heavy (non-hydrogen) atoms. The van der Waals surface area contributed by atoms with E-state index >= 15 is 0 Å². The lowest BCUT2D eigenvalue weighted by Crippen LogP contribution is -2.47. The van der Waals surface area contributed by atoms with E-state index in [0.717, 1.165) is 12.5 Å². The van der Waals surface area contributed by atoms with Crippen LogP contribution in [0.4, 0.5) is 0 Å². The van der Waals surface area contributed by atoms with Gasteiger partial charge in [-0.2, -0.15) is 0 Å². The molecule has 4 heteroatoms. The fourth-order valence-corrected chi connectivity index (χ4v) is 4.66. The summed E-state index contributed by atoms with van der Waals surface area (Å²) in [4.78, 5) is 12.0. The van der Waals surface area contributed by atoms with Crippen LogP contribution < -0.4 is 4.43 Å². The summed E-state index contributed by atoms with van der Waals surface area (Å²) in [7, 11) is -2.36. The molecule has 0 fully saturated rings. The van der Waals surface area contributed by atoms with Crippen molar-refractivity contribution >= 4 is 14.5 Å². The van der Waals surface area contributed by atoms with Gasteiger partial charge in [0.2, 0.25) is 0 Å². The monoisotopic (exact) mass is 278 g/mol. The predicted octanol–water partition coefficient (Wildman–Crippen LogP) is 4.28. The standard InChI is InChI=1S/C15H22O3Si/c1-3-4-5-6-9-12-19(2)17-14-11-8-7-10-13(14)15(16)18-19/h7-8,10-11H,3-6,9,12H2,1-2H3. The Labute approximate surface area is 116 Å². The molecule has 1 unspecified atom stereocenters. The molecule has 1 aromatic rings. The Morgan fingerprint density at radius 2 is 1.79 bits per heavy atom. The second-order valence-corrected chi connectivity index (χ2v) is 8.46. The Morgan fingerprint density at radius 1 is 1.05 bits per heavy atom. The fourth-order valence-electron chi connectivity index (χ4n) is 2.38. The van der Waals surface area contributed by atoms with Crippen molar-refractivity contribution in [3.8, 4) is 5.75 Å². The highest BCUT2D eigenvalue weighted by molar-refractivity contribution is 6.69. The highest BCUT2D eigenvalue weighted by atomic mass is 28.4. The lowest BCUT2D eigenvalue weighted by molar-refractivity contribution is 0.0656. The van der Waals surface area contributed by atoms with Crippen molar-refractivity contribution in [3.63, 3.8) is 0 Å². The molecular weight excluding hydrogens is 256 g/mol. The minimum absolute atomic E-state index is 0.218. The van der Waals surface area contributed by atoms with Gasteiger partial charge in [-0.05, 0) is 18.6 Å². The van der Waals surface area contributed by atoms with E-state index in [2.05, 4.69) is 6.92 Å². The molecule has 1 aliphatic rings. The quantitative estimate of drug-likeness (QED) is 0.575. The maximum Gasteiger partial charge on any atom is 0.459 e. The summed E-state index contributed by atoms with van der Waals surface area (Å²) < 4.78 is 11.6. The number of carbonyl (C=O) groups excluding carboxylic acids is 1. The Kier molecular flexibility index (Phi) is 4.64. The van der Waals surface area contributed by atoms with Crippen LogP contribution in [-0.4, -0.2) is 14.5 Å². The minimum Gasteiger partial charge on any atom is -0.511 e. The number of hydrogen-bond donors (Lipinski definition) is 0. The molecule has 0 amide bonds. The van der Waals surface area contributed by atoms with Crippen LogP contribution >= 0.6 is 0 Å². The number of benzene rings is 1. The van der Waals surface area contributed by atoms with Gasteiger partial charge in [-0.15, -0.1) is 0 Å². The highest BCUT2D eigenvalue weighted by Crippen LogP contribution is 2.31. The highest BCUT2D eigenvalue weighted by Gasteiger charge is 2.42. The largest absolute Gasteiger partial charge is 0.511 e. The Balaban J connectivity index is 1.93. The van der Waals surface area contributed by atoms with Gasteiger partial charge in [0.15, 0.2) is 0 Å². The van der Waals surface area contributed by atoms with Crippen molar-refractivity contribution in [3.05, 3.63) is 29.8 Å². The first kappa shape index (κ1) is 14.1. The number of rotatable bonds is 6. The molecule has 0 aliphatic carbocycles. The van der Waals surface area contributed by atoms with Gasteiger partial charge in [0.25, 0.3) is 0 Å². The van der Waals surface area contributed by atoms with Crippen molar-refractivity contribution in [1.82, 2.24) is 0 Å². The number of fused-ring (bicyclic) bond motifs is 1. The third kappa shape index (κ3) is 3.59. The lowest BCUT2D eigenvalue weighted by Gasteiger charge is -2.32. The van der Waals surface area contributed by atoms with E-state index in [1.165, 1.54) is 25.7 Å². The normalized spacial score (nSPS) is 21.5. The summed E-state index contributed by atoms with van der Waals surface area (Å²) in [5.41, 5.74) is 0.554. The van der Waals surface area contributed by atoms with Crippen molar-refractivity contribution in [2.75, 3.05) is 0 Å². The SMILES string of the molecule is CCCCCCC[Si]1(C)OC(=O)c2ccccc2O1. The van der Waals surface area contributed by atoms with E-state index in [9.17, 15) is 4.79 Å². The van der Waals surface area contributed by atoms with Crippen molar-refractivity contribution in [1.29, 1.82) is 0 Å². The Bertz CT molecular complexity index is 447. The van der Waals surface area contributed by atoms with E-state index in [4.69, 9.17) is 8.85 Å². The van der Waals surface area contributed by atoms with Gasteiger partial charge in [0, 0.05) is 12.6 Å². The molecule has 0 N–H and O–H groups in total. The molecule has 0 aromatic heterocycles. The number of hydrogen-bond acceptors (Lipinski definition) is 3. The molecule has 0 saturated carbocycles. The van der Waals surface area contributed by atoms with Crippen molar-refractivity contribution in [2.45, 2.75) is 51.6 Å². The van der Waals surface area contributed by atoms with Crippen LogP contribution in [0.2, 0.25) is 12.6 Å². The molecule has 104 valence electrons. The van der Waals surface area contributed by atoms with E-state index in [-0.39, 0.29) is 5.97 Å². The number of para-hydroxylation sites is 1. The fraction of sp³-hybridized carbons (Fsp3) is 0.533. The summed E-state index contributed by atoms with van der Waals surface area (Å²) in [5, 5.41) is 0. The van der Waals surface area contributed by atoms with Crippen LogP contribution in [0.25, 0.3) is 0 Å². The smallest absolute Gasteiger partial charge is 0.459 e. The summed E-state index contributed by atoms with van der Waals surface area (Å²) in [6.07, 6.45) is 6.05. The molecule has 1 aromatic carbocycles. The molecular formula is C15H22O3Si. The molecule has 0 bridgehead atoms. The Hall–Kier alpha value is -1.29. The van der Waals surface area contributed by atoms with Crippen molar-refractivity contribution in [2.24, 2.45) is 0 Å². The lowest BCUT2D eigenvalue weighted by atomic mass is 10.2. The van der Waals surface area contributed by atoms with Gasteiger partial charge in [-0.25, -0.2) is 4.79 Å². The van der Waals surface area contributed by atoms with Crippen LogP contribution in [0.5, 0.6) is 5.75 Å². The van der Waals surface area contributed by atoms with Crippen molar-refractivity contribution < 1.29 is 13.6 Å². The van der Waals surface area contributed by atoms with E-state index in [1.54, 1.807) is 6.07 Å². The predicted molar refractivity (Wildman–Crippen MR) is 77.7 cm³/mol. The van der Waals surface area contributed by atoms with Crippen LogP contribution in [-0.2, 0) is 4.43 Å². The zero-order chi connectivity index (χ0) is 13.7. The maximum atomic E-state index is 12.0. The topological polar surface area (TPSA) is 35.5 Å². The van der Waals surface area contributed by atoms with Gasteiger partial charge in [-0.3, -0.25) is 0 Å². The number of carbonyl (C=O) groups is 1. The second kappa shape index (κ2) is 6.24. The number of unbranched alkanes of at least 4 members (excludes halogenated alkanes) is 4. The summed E-state index contributed by atoms with van der Waals surface area (Å²) in [6, 6.07) is 8.23. The average Bonchev–Trinajstić information content (AvgIpc) is 2.38. The van der Waals surface area contributed by atoms with E-state index in [1.807, 2.05) is 24.7 Å². The van der Waals surface area contributed by atoms with Crippen LogP contribution in [0.1, 0.15) is 49.4 Å². The summed E-state index contributed by atoms with van der Waals surface area (Å²) >= 11 is 0. The molecule has 2 rings (SSSR count). The van der Waals surface area contributed by atoms with Gasteiger partial charge >= 0.3 is 14.5 Å². The minimum atomic E-state index is -2.36. The van der Waals surface area contributed by atoms with E-state index in [0.29, 0.717) is 11.3 Å². The van der Waals surface area contributed by atoms with E-state index < -0.39 is 8.56 Å². The molecule has 1 atom stereocenters. The maximum absolute atomic E-state index is 12.0. The van der Waals surface area contributed by atoms with Gasteiger partial charge < -0.3 is 8.85 Å². The molecule has 1 aliphatic heterocycles. The third-order valence-electron chi connectivity index (χ3n) is 3.48. The third-order valence-corrected chi connectivity index (χ3v) is 6.01. The zero-order valence-corrected chi connectivity index (χ0v) is 12.8. The van der Waals surface area contributed by atoms with Crippen LogP contribution in [0.15, 0.2) is 24.3 Å². The van der Waals surface area contributed by atoms with Gasteiger partial charge in [0.1, 0.15) is 5.75 Å². The summed E-state index contributed by atoms with van der Waals surface area (Å²) in [5.74, 6) is 0.478. The zero-order valence-electron chi connectivity index (χ0n) is 11.8. The molecule has 1 heterocycles. The molecule has 0 radical (unpaired) electrons. The van der Waals surface area contributed by atoms with Crippen LogP contribution in [0.3, 0.4) is 0 Å². The molecule has 3 nitrogen and oxygen atoms in total. The summed E-state index contributed by atoms with van der Waals surface area (Å²) in [6.45, 7) is 4.19. The average molecular weight is 278 g/mol. The van der Waals surface area contributed by atoms with Gasteiger partial charge in [0.05, 0.1) is 5.56 Å².